The van der Waals surface area contributed by atoms with Crippen LogP contribution in [0, 0.1) is 0 Å². The average Bonchev–Trinajstić information content (AvgIpc) is 2.55. The molecule has 0 fully saturated rings. The minimum absolute atomic E-state index is 0.0111. The summed E-state index contributed by atoms with van der Waals surface area (Å²) in [5, 5.41) is 1.75. The molecule has 0 N–H and O–H groups in total. The highest BCUT2D eigenvalue weighted by Gasteiger charge is 2.14. The van der Waals surface area contributed by atoms with Crippen molar-refractivity contribution in [1.29, 1.82) is 0 Å². The highest BCUT2D eigenvalue weighted by atomic mass is 32.2. The SMILES string of the molecule is CCc1ccc(-n2c(SC(C)C)nc3ccccc3c2=O)cc1. The summed E-state index contributed by atoms with van der Waals surface area (Å²) in [6.45, 7) is 6.34. The Morgan fingerprint density at radius 3 is 2.43 bits per heavy atom. The zero-order valence-electron chi connectivity index (χ0n) is 13.6. The van der Waals surface area contributed by atoms with Crippen LogP contribution in [0.25, 0.3) is 16.6 Å². The van der Waals surface area contributed by atoms with Gasteiger partial charge in [0.2, 0.25) is 0 Å². The van der Waals surface area contributed by atoms with E-state index in [4.69, 9.17) is 4.98 Å². The molecule has 0 unspecified atom stereocenters. The minimum Gasteiger partial charge on any atom is -0.268 e. The van der Waals surface area contributed by atoms with Gasteiger partial charge in [-0.3, -0.25) is 9.36 Å². The van der Waals surface area contributed by atoms with Crippen molar-refractivity contribution in [3.63, 3.8) is 0 Å². The van der Waals surface area contributed by atoms with E-state index in [9.17, 15) is 4.79 Å². The Hall–Kier alpha value is -2.07. The standard InChI is InChI=1S/C19H20N2OS/c1-4-14-9-11-15(12-10-14)21-18(22)16-7-5-6-8-17(16)20-19(21)23-13(2)3/h5-13H,4H2,1-3H3. The van der Waals surface area contributed by atoms with Crippen molar-refractivity contribution in [3.8, 4) is 5.69 Å². The number of rotatable bonds is 4. The molecule has 23 heavy (non-hydrogen) atoms. The Morgan fingerprint density at radius 1 is 1.09 bits per heavy atom. The number of hydrogen-bond donors (Lipinski definition) is 0. The summed E-state index contributed by atoms with van der Waals surface area (Å²) in [6.07, 6.45) is 0.985. The molecule has 2 aromatic carbocycles. The Bertz CT molecular complexity index is 882. The molecular formula is C19H20N2OS. The van der Waals surface area contributed by atoms with Crippen LogP contribution >= 0.6 is 11.8 Å². The average molecular weight is 324 g/mol. The van der Waals surface area contributed by atoms with Crippen LogP contribution in [0.4, 0.5) is 0 Å². The van der Waals surface area contributed by atoms with E-state index < -0.39 is 0 Å². The molecule has 0 saturated heterocycles. The first-order valence-electron chi connectivity index (χ1n) is 7.88. The van der Waals surface area contributed by atoms with Crippen LogP contribution in [0.15, 0.2) is 58.5 Å². The first-order valence-corrected chi connectivity index (χ1v) is 8.76. The van der Waals surface area contributed by atoms with Gasteiger partial charge in [-0.2, -0.15) is 0 Å². The van der Waals surface area contributed by atoms with Crippen molar-refractivity contribution in [1.82, 2.24) is 9.55 Å². The third kappa shape index (κ3) is 3.17. The van der Waals surface area contributed by atoms with Crippen LogP contribution in [0.5, 0.6) is 0 Å². The fourth-order valence-corrected chi connectivity index (χ4v) is 3.38. The number of para-hydroxylation sites is 1. The van der Waals surface area contributed by atoms with E-state index in [0.717, 1.165) is 22.8 Å². The van der Waals surface area contributed by atoms with Crippen molar-refractivity contribution in [2.45, 2.75) is 37.6 Å². The number of thioether (sulfide) groups is 1. The zero-order chi connectivity index (χ0) is 16.4. The largest absolute Gasteiger partial charge is 0.268 e. The molecule has 0 bridgehead atoms. The molecule has 3 rings (SSSR count). The lowest BCUT2D eigenvalue weighted by atomic mass is 10.1. The van der Waals surface area contributed by atoms with E-state index in [0.29, 0.717) is 10.6 Å². The Morgan fingerprint density at radius 2 is 1.78 bits per heavy atom. The van der Waals surface area contributed by atoms with Crippen molar-refractivity contribution < 1.29 is 0 Å². The molecule has 0 spiro atoms. The van der Waals surface area contributed by atoms with E-state index in [1.165, 1.54) is 5.56 Å². The Kier molecular flexibility index (Phi) is 4.53. The molecule has 0 aliphatic carbocycles. The molecule has 1 heterocycles. The topological polar surface area (TPSA) is 34.9 Å². The van der Waals surface area contributed by atoms with Crippen LogP contribution in [-0.2, 0) is 6.42 Å². The monoisotopic (exact) mass is 324 g/mol. The summed E-state index contributed by atoms with van der Waals surface area (Å²) < 4.78 is 1.73. The number of nitrogens with zero attached hydrogens (tertiary/aromatic N) is 2. The summed E-state index contributed by atoms with van der Waals surface area (Å²) >= 11 is 1.61. The van der Waals surface area contributed by atoms with Crippen LogP contribution < -0.4 is 5.56 Å². The van der Waals surface area contributed by atoms with Crippen LogP contribution in [0.2, 0.25) is 0 Å². The molecule has 1 aromatic heterocycles. The minimum atomic E-state index is -0.0111. The maximum absolute atomic E-state index is 13.0. The van der Waals surface area contributed by atoms with E-state index in [2.05, 4.69) is 32.9 Å². The van der Waals surface area contributed by atoms with Crippen LogP contribution in [-0.4, -0.2) is 14.8 Å². The first kappa shape index (κ1) is 15.8. The molecule has 0 radical (unpaired) electrons. The third-order valence-corrected chi connectivity index (χ3v) is 4.64. The fraction of sp³-hybridized carbons (Fsp3) is 0.263. The van der Waals surface area contributed by atoms with Crippen molar-refractivity contribution in [2.75, 3.05) is 0 Å². The van der Waals surface area contributed by atoms with Gasteiger partial charge >= 0.3 is 0 Å². The van der Waals surface area contributed by atoms with E-state index >= 15 is 0 Å². The normalized spacial score (nSPS) is 11.3. The number of aryl methyl sites for hydroxylation is 1. The zero-order valence-corrected chi connectivity index (χ0v) is 14.4. The van der Waals surface area contributed by atoms with Gasteiger partial charge < -0.3 is 0 Å². The highest BCUT2D eigenvalue weighted by molar-refractivity contribution is 7.99. The lowest BCUT2D eigenvalue weighted by Crippen LogP contribution is -2.22. The third-order valence-electron chi connectivity index (χ3n) is 3.69. The molecule has 0 aliphatic rings. The Labute approximate surface area is 140 Å². The van der Waals surface area contributed by atoms with Crippen molar-refractivity contribution >= 4 is 22.7 Å². The molecular weight excluding hydrogens is 304 g/mol. The molecule has 0 saturated carbocycles. The van der Waals surface area contributed by atoms with E-state index in [-0.39, 0.29) is 5.56 Å². The van der Waals surface area contributed by atoms with Gasteiger partial charge in [-0.1, -0.05) is 56.8 Å². The second kappa shape index (κ2) is 6.59. The van der Waals surface area contributed by atoms with Crippen LogP contribution in [0.1, 0.15) is 26.3 Å². The van der Waals surface area contributed by atoms with Crippen LogP contribution in [0.3, 0.4) is 0 Å². The molecule has 4 heteroatoms. The molecule has 3 aromatic rings. The van der Waals surface area contributed by atoms with Crippen molar-refractivity contribution in [3.05, 3.63) is 64.4 Å². The molecule has 3 nitrogen and oxygen atoms in total. The molecule has 118 valence electrons. The van der Waals surface area contributed by atoms with Gasteiger partial charge in [0.05, 0.1) is 16.6 Å². The molecule has 0 amide bonds. The van der Waals surface area contributed by atoms with Gasteiger partial charge in [-0.05, 0) is 36.2 Å². The van der Waals surface area contributed by atoms with Gasteiger partial charge in [-0.25, -0.2) is 4.98 Å². The van der Waals surface area contributed by atoms with Gasteiger partial charge in [0, 0.05) is 5.25 Å². The summed E-state index contributed by atoms with van der Waals surface area (Å²) in [7, 11) is 0. The highest BCUT2D eigenvalue weighted by Crippen LogP contribution is 2.24. The fourth-order valence-electron chi connectivity index (χ4n) is 2.51. The number of fused-ring (bicyclic) bond motifs is 1. The van der Waals surface area contributed by atoms with Gasteiger partial charge in [-0.15, -0.1) is 0 Å². The Balaban J connectivity index is 2.27. The summed E-state index contributed by atoms with van der Waals surface area (Å²) in [6, 6.07) is 15.7. The summed E-state index contributed by atoms with van der Waals surface area (Å²) in [4.78, 5) is 17.7. The number of aromatic nitrogens is 2. The summed E-state index contributed by atoms with van der Waals surface area (Å²) in [5.41, 5.74) is 2.87. The lowest BCUT2D eigenvalue weighted by Gasteiger charge is -2.14. The van der Waals surface area contributed by atoms with E-state index in [1.54, 1.807) is 16.3 Å². The maximum Gasteiger partial charge on any atom is 0.266 e. The predicted molar refractivity (Wildman–Crippen MR) is 97.7 cm³/mol. The quantitative estimate of drug-likeness (QED) is 0.525. The van der Waals surface area contributed by atoms with Crippen molar-refractivity contribution in [2.24, 2.45) is 0 Å². The maximum atomic E-state index is 13.0. The summed E-state index contributed by atoms with van der Waals surface area (Å²) in [5.74, 6) is 0. The number of hydrogen-bond acceptors (Lipinski definition) is 3. The molecule has 0 atom stereocenters. The van der Waals surface area contributed by atoms with Gasteiger partial charge in [0.15, 0.2) is 5.16 Å². The van der Waals surface area contributed by atoms with Gasteiger partial charge in [0.1, 0.15) is 0 Å². The molecule has 0 aliphatic heterocycles. The van der Waals surface area contributed by atoms with Gasteiger partial charge in [0.25, 0.3) is 5.56 Å². The number of benzene rings is 2. The second-order valence-corrected chi connectivity index (χ2v) is 7.28. The first-order chi connectivity index (χ1) is 11.1. The lowest BCUT2D eigenvalue weighted by molar-refractivity contribution is 0.815. The second-order valence-electron chi connectivity index (χ2n) is 5.74. The predicted octanol–water partition coefficient (Wildman–Crippen LogP) is 4.45. The van der Waals surface area contributed by atoms with E-state index in [1.807, 2.05) is 36.4 Å². The smallest absolute Gasteiger partial charge is 0.266 e.